The number of H-pyrrole nitrogens is 1. The number of hydrogen-bond donors (Lipinski definition) is 1. The highest BCUT2D eigenvalue weighted by Crippen LogP contribution is 2.36. The highest BCUT2D eigenvalue weighted by atomic mass is 16.7. The van der Waals surface area contributed by atoms with Crippen LogP contribution in [0, 0.1) is 0 Å². The molecule has 0 fully saturated rings. The van der Waals surface area contributed by atoms with Crippen molar-refractivity contribution in [2.24, 2.45) is 0 Å². The highest BCUT2D eigenvalue weighted by molar-refractivity contribution is 5.98. The molecule has 0 atom stereocenters. The molecule has 76 valence electrons. The molecule has 0 amide bonds. The standard InChI is InChI=1S/C11H9NO3/c1-6(13)8-2-7-3-10-11(15-5-14-10)4-9(7)12-8/h2-4,12H,5H2,1H3. The molecule has 1 aliphatic rings. The van der Waals surface area contributed by atoms with Gasteiger partial charge in [0.1, 0.15) is 0 Å². The monoisotopic (exact) mass is 203 g/mol. The maximum absolute atomic E-state index is 11.2. The predicted molar refractivity (Wildman–Crippen MR) is 54.4 cm³/mol. The van der Waals surface area contributed by atoms with Crippen molar-refractivity contribution in [2.45, 2.75) is 6.92 Å². The van der Waals surface area contributed by atoms with E-state index in [2.05, 4.69) is 4.98 Å². The van der Waals surface area contributed by atoms with E-state index in [1.807, 2.05) is 18.2 Å². The summed E-state index contributed by atoms with van der Waals surface area (Å²) in [7, 11) is 0. The Morgan fingerprint density at radius 1 is 1.27 bits per heavy atom. The Kier molecular flexibility index (Phi) is 1.54. The van der Waals surface area contributed by atoms with E-state index in [1.54, 1.807) is 0 Å². The zero-order valence-corrected chi connectivity index (χ0v) is 8.16. The lowest BCUT2D eigenvalue weighted by molar-refractivity contribution is 0.101. The number of carbonyl (C=O) groups is 1. The number of ether oxygens (including phenoxy) is 2. The van der Waals surface area contributed by atoms with Crippen LogP contribution in [0.25, 0.3) is 10.9 Å². The maximum atomic E-state index is 11.2. The molecule has 0 spiro atoms. The molecule has 0 aliphatic carbocycles. The number of rotatable bonds is 1. The minimum atomic E-state index is 0.0215. The van der Waals surface area contributed by atoms with Gasteiger partial charge in [-0.05, 0) is 12.1 Å². The summed E-state index contributed by atoms with van der Waals surface area (Å²) in [4.78, 5) is 14.2. The second-order valence-electron chi connectivity index (χ2n) is 3.53. The van der Waals surface area contributed by atoms with E-state index in [1.165, 1.54) is 6.92 Å². The van der Waals surface area contributed by atoms with Crippen molar-refractivity contribution in [3.63, 3.8) is 0 Å². The number of fused-ring (bicyclic) bond motifs is 2. The van der Waals surface area contributed by atoms with E-state index in [9.17, 15) is 4.79 Å². The van der Waals surface area contributed by atoms with Crippen LogP contribution in [0.4, 0.5) is 0 Å². The van der Waals surface area contributed by atoms with Crippen LogP contribution in [0.15, 0.2) is 18.2 Å². The summed E-state index contributed by atoms with van der Waals surface area (Å²) in [6.07, 6.45) is 0. The zero-order valence-electron chi connectivity index (χ0n) is 8.16. The van der Waals surface area contributed by atoms with Crippen LogP contribution >= 0.6 is 0 Å². The first kappa shape index (κ1) is 8.35. The third-order valence-electron chi connectivity index (χ3n) is 2.49. The van der Waals surface area contributed by atoms with Gasteiger partial charge in [-0.3, -0.25) is 4.79 Å². The minimum absolute atomic E-state index is 0.0215. The van der Waals surface area contributed by atoms with Crippen molar-refractivity contribution in [1.82, 2.24) is 4.98 Å². The van der Waals surface area contributed by atoms with Gasteiger partial charge in [0.25, 0.3) is 0 Å². The average molecular weight is 203 g/mol. The van der Waals surface area contributed by atoms with Gasteiger partial charge >= 0.3 is 0 Å². The molecule has 0 bridgehead atoms. The Morgan fingerprint density at radius 2 is 2.00 bits per heavy atom. The number of Topliss-reactive ketones (excluding diaryl/α,β-unsaturated/α-hetero) is 1. The molecule has 1 aromatic carbocycles. The molecular weight excluding hydrogens is 194 g/mol. The lowest BCUT2D eigenvalue weighted by Gasteiger charge is -1.94. The summed E-state index contributed by atoms with van der Waals surface area (Å²) in [6, 6.07) is 5.55. The highest BCUT2D eigenvalue weighted by Gasteiger charge is 2.15. The zero-order chi connectivity index (χ0) is 10.4. The Bertz CT molecular complexity index is 515. The molecule has 3 rings (SSSR count). The van der Waals surface area contributed by atoms with Gasteiger partial charge in [0.15, 0.2) is 17.3 Å². The molecule has 15 heavy (non-hydrogen) atoms. The first-order chi connectivity index (χ1) is 7.24. The molecule has 1 N–H and O–H groups in total. The fraction of sp³-hybridized carbons (Fsp3) is 0.182. The van der Waals surface area contributed by atoms with Crippen molar-refractivity contribution in [2.75, 3.05) is 6.79 Å². The van der Waals surface area contributed by atoms with Crippen molar-refractivity contribution in [1.29, 1.82) is 0 Å². The van der Waals surface area contributed by atoms with Crippen LogP contribution in [-0.4, -0.2) is 17.6 Å². The predicted octanol–water partition coefficient (Wildman–Crippen LogP) is 2.10. The van der Waals surface area contributed by atoms with Crippen LogP contribution in [0.5, 0.6) is 11.5 Å². The lowest BCUT2D eigenvalue weighted by atomic mass is 10.2. The van der Waals surface area contributed by atoms with E-state index in [0.717, 1.165) is 22.4 Å². The number of nitrogens with one attached hydrogen (secondary N) is 1. The van der Waals surface area contributed by atoms with Crippen LogP contribution in [-0.2, 0) is 0 Å². The van der Waals surface area contributed by atoms with E-state index in [4.69, 9.17) is 9.47 Å². The summed E-state index contributed by atoms with van der Waals surface area (Å²) in [5.41, 5.74) is 1.50. The van der Waals surface area contributed by atoms with Gasteiger partial charge in [-0.2, -0.15) is 0 Å². The van der Waals surface area contributed by atoms with Crippen molar-refractivity contribution in [3.05, 3.63) is 23.9 Å². The summed E-state index contributed by atoms with van der Waals surface area (Å²) in [6.45, 7) is 1.80. The molecule has 1 aromatic heterocycles. The van der Waals surface area contributed by atoms with E-state index >= 15 is 0 Å². The maximum Gasteiger partial charge on any atom is 0.231 e. The van der Waals surface area contributed by atoms with Gasteiger partial charge < -0.3 is 14.5 Å². The summed E-state index contributed by atoms with van der Waals surface area (Å²) < 4.78 is 10.5. The number of hydrogen-bond acceptors (Lipinski definition) is 3. The number of ketones is 1. The third-order valence-corrected chi connectivity index (χ3v) is 2.49. The van der Waals surface area contributed by atoms with Gasteiger partial charge in [0.05, 0.1) is 5.69 Å². The van der Waals surface area contributed by atoms with Gasteiger partial charge in [-0.1, -0.05) is 0 Å². The number of aromatic nitrogens is 1. The van der Waals surface area contributed by atoms with Crippen LogP contribution in [0.2, 0.25) is 0 Å². The molecule has 0 saturated carbocycles. The second-order valence-corrected chi connectivity index (χ2v) is 3.53. The van der Waals surface area contributed by atoms with Gasteiger partial charge in [-0.25, -0.2) is 0 Å². The topological polar surface area (TPSA) is 51.3 Å². The Labute approximate surface area is 85.8 Å². The third kappa shape index (κ3) is 1.18. The SMILES string of the molecule is CC(=O)c1cc2cc3c(cc2[nH]1)OCO3. The fourth-order valence-electron chi connectivity index (χ4n) is 1.71. The molecule has 0 unspecified atom stereocenters. The average Bonchev–Trinajstić information content (AvgIpc) is 2.77. The molecule has 4 nitrogen and oxygen atoms in total. The van der Waals surface area contributed by atoms with Crippen molar-refractivity contribution < 1.29 is 14.3 Å². The number of carbonyl (C=O) groups excluding carboxylic acids is 1. The molecule has 0 saturated heterocycles. The van der Waals surface area contributed by atoms with Crippen LogP contribution < -0.4 is 9.47 Å². The van der Waals surface area contributed by atoms with E-state index in [0.29, 0.717) is 5.69 Å². The Hall–Kier alpha value is -1.97. The quantitative estimate of drug-likeness (QED) is 0.722. The largest absolute Gasteiger partial charge is 0.454 e. The molecule has 4 heteroatoms. The van der Waals surface area contributed by atoms with Gasteiger partial charge in [0, 0.05) is 23.9 Å². The first-order valence-electron chi connectivity index (χ1n) is 4.67. The lowest BCUT2D eigenvalue weighted by Crippen LogP contribution is -1.93. The molecule has 2 heterocycles. The van der Waals surface area contributed by atoms with Gasteiger partial charge in [0.2, 0.25) is 6.79 Å². The number of benzene rings is 1. The Balaban J connectivity index is 2.24. The van der Waals surface area contributed by atoms with Crippen molar-refractivity contribution >= 4 is 16.7 Å². The van der Waals surface area contributed by atoms with E-state index < -0.39 is 0 Å². The summed E-state index contributed by atoms with van der Waals surface area (Å²) >= 11 is 0. The van der Waals surface area contributed by atoms with Gasteiger partial charge in [-0.15, -0.1) is 0 Å². The molecule has 0 radical (unpaired) electrons. The van der Waals surface area contributed by atoms with Crippen LogP contribution in [0.3, 0.4) is 0 Å². The Morgan fingerprint density at radius 3 is 2.73 bits per heavy atom. The normalized spacial score (nSPS) is 13.4. The fourth-order valence-corrected chi connectivity index (χ4v) is 1.71. The molecule has 1 aliphatic heterocycles. The smallest absolute Gasteiger partial charge is 0.231 e. The second kappa shape index (κ2) is 2.76. The minimum Gasteiger partial charge on any atom is -0.454 e. The number of aromatic amines is 1. The van der Waals surface area contributed by atoms with Crippen molar-refractivity contribution in [3.8, 4) is 11.5 Å². The summed E-state index contributed by atoms with van der Waals surface area (Å²) in [5.74, 6) is 1.48. The first-order valence-corrected chi connectivity index (χ1v) is 4.67. The molecule has 2 aromatic rings. The van der Waals surface area contributed by atoms with E-state index in [-0.39, 0.29) is 12.6 Å². The summed E-state index contributed by atoms with van der Waals surface area (Å²) in [5, 5.41) is 0.962. The van der Waals surface area contributed by atoms with Crippen LogP contribution in [0.1, 0.15) is 17.4 Å². The molecular formula is C11H9NO3.